The predicted octanol–water partition coefficient (Wildman–Crippen LogP) is 1.95. The highest BCUT2D eigenvalue weighted by molar-refractivity contribution is 6.13. The second-order valence-corrected chi connectivity index (χ2v) is 14.4. The van der Waals surface area contributed by atoms with Crippen molar-refractivity contribution in [3.05, 3.63) is 46.9 Å². The van der Waals surface area contributed by atoms with E-state index >= 15 is 4.79 Å². The van der Waals surface area contributed by atoms with Gasteiger partial charge < -0.3 is 29.8 Å². The van der Waals surface area contributed by atoms with Gasteiger partial charge in [-0.15, -0.1) is 0 Å². The summed E-state index contributed by atoms with van der Waals surface area (Å²) >= 11 is 0. The lowest BCUT2D eigenvalue weighted by Crippen LogP contribution is -2.86. The lowest BCUT2D eigenvalue weighted by Gasteiger charge is -2.67. The molecule has 6 atom stereocenters. The molecule has 11 heteroatoms. The van der Waals surface area contributed by atoms with Crippen LogP contribution >= 0.6 is 0 Å². The Hall–Kier alpha value is -3.83. The summed E-state index contributed by atoms with van der Waals surface area (Å²) in [7, 11) is 0. The molecule has 43 heavy (non-hydrogen) atoms. The molecule has 5 saturated heterocycles. The van der Waals surface area contributed by atoms with Gasteiger partial charge in [-0.25, -0.2) is 0 Å². The molecule has 224 valence electrons. The molecule has 8 heterocycles. The van der Waals surface area contributed by atoms with Crippen LogP contribution in [-0.2, 0) is 24.5 Å². The summed E-state index contributed by atoms with van der Waals surface area (Å²) in [5, 5.41) is 35.3. The number of carbonyl (C=O) groups excluding carboxylic acids is 3. The van der Waals surface area contributed by atoms with Crippen LogP contribution in [0.2, 0.25) is 0 Å². The third-order valence-electron chi connectivity index (χ3n) is 11.7. The topological polar surface area (TPSA) is 142 Å². The zero-order chi connectivity index (χ0) is 30.2. The van der Waals surface area contributed by atoms with Crippen LogP contribution in [-0.4, -0.2) is 89.2 Å². The minimum Gasteiger partial charge on any atom is -0.486 e. The Labute approximate surface area is 246 Å². The number of benzene rings is 1. The lowest BCUT2D eigenvalue weighted by atomic mass is 9.48. The minimum atomic E-state index is -2.47. The summed E-state index contributed by atoms with van der Waals surface area (Å²) in [6.07, 6.45) is 4.87. The molecule has 1 aromatic carbocycles. The fourth-order valence-corrected chi connectivity index (χ4v) is 10.1. The van der Waals surface area contributed by atoms with Gasteiger partial charge in [-0.3, -0.25) is 19.3 Å². The van der Waals surface area contributed by atoms with Crippen molar-refractivity contribution in [2.75, 3.05) is 13.2 Å². The number of aliphatic hydroxyl groups excluding tert-OH is 1. The molecular formula is C32H33N3O8. The van der Waals surface area contributed by atoms with Crippen LogP contribution in [0, 0.1) is 5.92 Å². The molecule has 11 nitrogen and oxygen atoms in total. The van der Waals surface area contributed by atoms with Gasteiger partial charge in [0, 0.05) is 34.9 Å². The molecule has 3 N–H and O–H groups in total. The average Bonchev–Trinajstić information content (AvgIpc) is 3.58. The Morgan fingerprint density at radius 3 is 2.60 bits per heavy atom. The van der Waals surface area contributed by atoms with Gasteiger partial charge in [-0.05, 0) is 63.0 Å². The Kier molecular flexibility index (Phi) is 4.24. The van der Waals surface area contributed by atoms with Crippen LogP contribution in [0.1, 0.15) is 69.7 Å². The summed E-state index contributed by atoms with van der Waals surface area (Å²) in [6, 6.07) is 3.65. The molecule has 2 amide bonds. The van der Waals surface area contributed by atoms with Crippen molar-refractivity contribution in [1.82, 2.24) is 14.5 Å². The SMILES string of the molecule is CC1(C)C=Cc2c(ccc3c4c(n(O)c23)C(C)(C)C2CC35CCCN3C(=O)C23C4C2OC(CO)=CC(=O)C2(O)N3C5=O)O1. The molecule has 1 aliphatic carbocycles. The van der Waals surface area contributed by atoms with Crippen molar-refractivity contribution in [1.29, 1.82) is 0 Å². The standard InChI is InChI=1S/C32H33N3O8/c1-28(2)10-8-16-18(43-28)7-6-17-21-22-25-32(40,20(37)12-15(14-36)42-25)35-26(38)30-9-5-11-33(30)27(39)31(22,35)19(13-30)29(3,4)24(21)34(41)23(16)17/h6-8,10,12,19,22,25,36,40-41H,5,9,11,13-14H2,1-4H3. The number of ketones is 1. The normalized spacial score (nSPS) is 38.7. The van der Waals surface area contributed by atoms with Gasteiger partial charge in [0.25, 0.3) is 11.8 Å². The number of piperazine rings is 1. The molecule has 8 aliphatic rings. The molecule has 7 aliphatic heterocycles. The van der Waals surface area contributed by atoms with Crippen molar-refractivity contribution < 1.29 is 39.3 Å². The van der Waals surface area contributed by atoms with E-state index < -0.39 is 64.1 Å². The van der Waals surface area contributed by atoms with Crippen molar-refractivity contribution in [2.45, 2.75) is 86.8 Å². The Morgan fingerprint density at radius 1 is 1.09 bits per heavy atom. The predicted molar refractivity (Wildman–Crippen MR) is 150 cm³/mol. The van der Waals surface area contributed by atoms with E-state index in [2.05, 4.69) is 0 Å². The molecule has 2 aromatic rings. The molecule has 5 fully saturated rings. The van der Waals surface area contributed by atoms with Gasteiger partial charge in [-0.2, -0.15) is 4.73 Å². The zero-order valence-corrected chi connectivity index (χ0v) is 24.4. The Morgan fingerprint density at radius 2 is 1.86 bits per heavy atom. The third-order valence-corrected chi connectivity index (χ3v) is 11.7. The second-order valence-electron chi connectivity index (χ2n) is 14.4. The number of carbonyl (C=O) groups is 3. The highest BCUT2D eigenvalue weighted by Crippen LogP contribution is 2.72. The monoisotopic (exact) mass is 587 g/mol. The van der Waals surface area contributed by atoms with E-state index in [0.29, 0.717) is 59.3 Å². The van der Waals surface area contributed by atoms with E-state index in [9.17, 15) is 25.0 Å². The minimum absolute atomic E-state index is 0.0457. The van der Waals surface area contributed by atoms with Gasteiger partial charge in [-0.1, -0.05) is 13.8 Å². The molecule has 2 bridgehead atoms. The largest absolute Gasteiger partial charge is 0.486 e. The van der Waals surface area contributed by atoms with Gasteiger partial charge in [0.05, 0.1) is 17.1 Å². The maximum Gasteiger partial charge on any atom is 0.252 e. The van der Waals surface area contributed by atoms with E-state index in [1.165, 1.54) is 9.63 Å². The molecule has 0 saturated carbocycles. The van der Waals surface area contributed by atoms with E-state index in [0.717, 1.165) is 6.08 Å². The van der Waals surface area contributed by atoms with E-state index in [1.807, 2.05) is 52.0 Å². The summed E-state index contributed by atoms with van der Waals surface area (Å²) in [4.78, 5) is 46.4. The first-order valence-corrected chi connectivity index (χ1v) is 15.0. The van der Waals surface area contributed by atoms with Crippen LogP contribution in [0.4, 0.5) is 0 Å². The Bertz CT molecular complexity index is 1820. The fourth-order valence-electron chi connectivity index (χ4n) is 10.1. The highest BCUT2D eigenvalue weighted by Gasteiger charge is 2.88. The van der Waals surface area contributed by atoms with Gasteiger partial charge in [0.15, 0.2) is 6.10 Å². The number of fused-ring (bicyclic) bond motifs is 8. The molecule has 10 rings (SSSR count). The third kappa shape index (κ3) is 2.40. The van der Waals surface area contributed by atoms with Crippen molar-refractivity contribution >= 4 is 34.6 Å². The average molecular weight is 588 g/mol. The van der Waals surface area contributed by atoms with Gasteiger partial charge in [0.2, 0.25) is 11.5 Å². The number of hydrogen-bond acceptors (Lipinski definition) is 8. The first-order chi connectivity index (χ1) is 20.3. The Balaban J connectivity index is 1.43. The smallest absolute Gasteiger partial charge is 0.252 e. The lowest BCUT2D eigenvalue weighted by molar-refractivity contribution is -0.228. The molecule has 6 unspecified atom stereocenters. The number of hydrogen-bond donors (Lipinski definition) is 3. The summed E-state index contributed by atoms with van der Waals surface area (Å²) in [6.45, 7) is 7.63. The van der Waals surface area contributed by atoms with Crippen LogP contribution in [0.25, 0.3) is 17.0 Å². The summed E-state index contributed by atoms with van der Waals surface area (Å²) < 4.78 is 13.6. The zero-order valence-electron chi connectivity index (χ0n) is 24.4. The van der Waals surface area contributed by atoms with Crippen molar-refractivity contribution in [3.8, 4) is 5.75 Å². The number of nitrogens with zero attached hydrogens (tertiary/aromatic N) is 3. The number of amides is 2. The fraction of sp³-hybridized carbons (Fsp3) is 0.531. The van der Waals surface area contributed by atoms with Crippen LogP contribution in [0.5, 0.6) is 5.75 Å². The van der Waals surface area contributed by atoms with Crippen LogP contribution in [0.15, 0.2) is 30.0 Å². The number of aliphatic hydroxyl groups is 2. The maximum atomic E-state index is 15.0. The van der Waals surface area contributed by atoms with Crippen molar-refractivity contribution in [2.24, 2.45) is 5.92 Å². The van der Waals surface area contributed by atoms with Gasteiger partial charge >= 0.3 is 0 Å². The quantitative estimate of drug-likeness (QED) is 0.430. The van der Waals surface area contributed by atoms with Crippen LogP contribution < -0.4 is 4.74 Å². The number of rotatable bonds is 1. The molecular weight excluding hydrogens is 554 g/mol. The highest BCUT2D eigenvalue weighted by atomic mass is 16.5. The van der Waals surface area contributed by atoms with Gasteiger partial charge in [0.1, 0.15) is 34.8 Å². The van der Waals surface area contributed by atoms with E-state index in [4.69, 9.17) is 9.47 Å². The first kappa shape index (κ1) is 25.6. The second kappa shape index (κ2) is 7.10. The number of ether oxygens (including phenoxy) is 2. The summed E-state index contributed by atoms with van der Waals surface area (Å²) in [5.41, 5.74) is -4.52. The summed E-state index contributed by atoms with van der Waals surface area (Å²) in [5.74, 6) is -2.56. The van der Waals surface area contributed by atoms with E-state index in [1.54, 1.807) is 4.90 Å². The molecule has 1 aromatic heterocycles. The number of piperidine rings is 2. The number of aromatic nitrogens is 1. The maximum absolute atomic E-state index is 15.0. The van der Waals surface area contributed by atoms with Crippen LogP contribution in [0.3, 0.4) is 0 Å². The molecule has 0 radical (unpaired) electrons. The first-order valence-electron chi connectivity index (χ1n) is 15.0. The molecule has 2 spiro atoms. The van der Waals surface area contributed by atoms with Crippen molar-refractivity contribution in [3.63, 3.8) is 0 Å². The van der Waals surface area contributed by atoms with E-state index in [-0.39, 0.29) is 11.7 Å².